The number of nitrogens with zero attached hydrogens (tertiary/aromatic N) is 2. The van der Waals surface area contributed by atoms with Crippen molar-refractivity contribution in [3.8, 4) is 11.4 Å². The quantitative estimate of drug-likeness (QED) is 0.810. The molecule has 0 aliphatic heterocycles. The van der Waals surface area contributed by atoms with E-state index in [1.54, 1.807) is 19.9 Å². The number of rotatable bonds is 4. The van der Waals surface area contributed by atoms with Crippen molar-refractivity contribution >= 4 is 5.97 Å². The molecule has 21 heavy (non-hydrogen) atoms. The summed E-state index contributed by atoms with van der Waals surface area (Å²) < 4.78 is 23.7. The maximum Gasteiger partial charge on any atom is 0.321 e. The zero-order chi connectivity index (χ0) is 15.0. The number of esters is 1. The van der Waals surface area contributed by atoms with Crippen LogP contribution < -0.4 is 0 Å². The third-order valence-corrected chi connectivity index (χ3v) is 3.55. The lowest BCUT2D eigenvalue weighted by molar-refractivity contribution is -0.146. The second-order valence-electron chi connectivity index (χ2n) is 5.24. The van der Waals surface area contributed by atoms with Crippen molar-refractivity contribution in [1.82, 2.24) is 10.1 Å². The van der Waals surface area contributed by atoms with Crippen LogP contribution in [0.15, 0.2) is 22.7 Å². The molecule has 1 aromatic heterocycles. The zero-order valence-electron chi connectivity index (χ0n) is 11.9. The molecule has 1 aliphatic rings. The van der Waals surface area contributed by atoms with Crippen molar-refractivity contribution in [3.63, 3.8) is 0 Å². The van der Waals surface area contributed by atoms with Crippen LogP contribution >= 0.6 is 0 Å². The van der Waals surface area contributed by atoms with Gasteiger partial charge >= 0.3 is 5.97 Å². The average Bonchev–Trinajstić information content (AvgIpc) is 3.09. The number of ether oxygens (including phenoxy) is 1. The summed E-state index contributed by atoms with van der Waals surface area (Å²) in [4.78, 5) is 16.2. The van der Waals surface area contributed by atoms with Gasteiger partial charge in [0.15, 0.2) is 0 Å². The third-order valence-electron chi connectivity index (χ3n) is 3.55. The molecule has 2 aromatic rings. The number of hydrogen-bond donors (Lipinski definition) is 0. The normalized spacial score (nSPS) is 15.8. The van der Waals surface area contributed by atoms with Gasteiger partial charge in [-0.3, -0.25) is 4.79 Å². The third kappa shape index (κ3) is 2.41. The Labute approximate surface area is 121 Å². The molecule has 0 radical (unpaired) electrons. The molecular formula is C15H15FN2O3. The molecule has 0 N–H and O–H groups in total. The summed E-state index contributed by atoms with van der Waals surface area (Å²) in [5, 5.41) is 3.86. The summed E-state index contributed by atoms with van der Waals surface area (Å²) in [6.07, 6.45) is 1.27. The lowest BCUT2D eigenvalue weighted by Crippen LogP contribution is -2.23. The molecule has 1 fully saturated rings. The van der Waals surface area contributed by atoms with Crippen molar-refractivity contribution in [1.29, 1.82) is 0 Å². The summed E-state index contributed by atoms with van der Waals surface area (Å²) in [7, 11) is 0. The Kier molecular flexibility index (Phi) is 3.23. The maximum absolute atomic E-state index is 13.4. The van der Waals surface area contributed by atoms with Gasteiger partial charge < -0.3 is 9.26 Å². The summed E-state index contributed by atoms with van der Waals surface area (Å²) >= 11 is 0. The second kappa shape index (κ2) is 4.95. The highest BCUT2D eigenvalue weighted by atomic mass is 19.1. The Hall–Kier alpha value is -2.24. The minimum atomic E-state index is -0.802. The predicted molar refractivity (Wildman–Crippen MR) is 72.0 cm³/mol. The standard InChI is InChI=1S/C15H15FN2O3/c1-3-20-14(19)15(4-5-15)13-17-12(18-21-13)10-6-9(2)7-11(16)8-10/h6-8H,3-5H2,1-2H3. The molecule has 6 heteroatoms. The van der Waals surface area contributed by atoms with E-state index in [-0.39, 0.29) is 23.5 Å². The molecule has 1 saturated carbocycles. The van der Waals surface area contributed by atoms with Crippen LogP contribution in [-0.2, 0) is 14.9 Å². The molecule has 1 aliphatic carbocycles. The van der Waals surface area contributed by atoms with Crippen LogP contribution in [0, 0.1) is 12.7 Å². The van der Waals surface area contributed by atoms with Crippen molar-refractivity contribution < 1.29 is 18.4 Å². The van der Waals surface area contributed by atoms with Crippen LogP contribution in [0.4, 0.5) is 4.39 Å². The van der Waals surface area contributed by atoms with Crippen molar-refractivity contribution in [2.75, 3.05) is 6.61 Å². The maximum atomic E-state index is 13.4. The monoisotopic (exact) mass is 290 g/mol. The molecule has 3 rings (SSSR count). The number of aryl methyl sites for hydroxylation is 1. The number of halogens is 1. The first-order valence-electron chi connectivity index (χ1n) is 6.84. The minimum Gasteiger partial charge on any atom is -0.465 e. The summed E-state index contributed by atoms with van der Waals surface area (Å²) in [5.41, 5.74) is 0.494. The minimum absolute atomic E-state index is 0.248. The zero-order valence-corrected chi connectivity index (χ0v) is 11.9. The molecular weight excluding hydrogens is 275 g/mol. The van der Waals surface area contributed by atoms with Gasteiger partial charge in [-0.2, -0.15) is 4.98 Å². The van der Waals surface area contributed by atoms with Gasteiger partial charge in [0.25, 0.3) is 0 Å². The molecule has 0 amide bonds. The Balaban J connectivity index is 1.92. The molecule has 1 aromatic carbocycles. The van der Waals surface area contributed by atoms with Gasteiger partial charge in [-0.05, 0) is 50.5 Å². The number of carbonyl (C=O) groups is 1. The van der Waals surface area contributed by atoms with Crippen molar-refractivity contribution in [3.05, 3.63) is 35.5 Å². The van der Waals surface area contributed by atoms with Crippen molar-refractivity contribution in [2.24, 2.45) is 0 Å². The van der Waals surface area contributed by atoms with Gasteiger partial charge in [0.1, 0.15) is 11.2 Å². The molecule has 0 bridgehead atoms. The highest BCUT2D eigenvalue weighted by molar-refractivity contribution is 5.85. The second-order valence-corrected chi connectivity index (χ2v) is 5.24. The first-order valence-corrected chi connectivity index (χ1v) is 6.84. The van der Waals surface area contributed by atoms with E-state index in [9.17, 15) is 9.18 Å². The Bertz CT molecular complexity index is 672. The van der Waals surface area contributed by atoms with Crippen LogP contribution in [-0.4, -0.2) is 22.7 Å². The lowest BCUT2D eigenvalue weighted by Gasteiger charge is -2.08. The van der Waals surface area contributed by atoms with Gasteiger partial charge in [-0.15, -0.1) is 0 Å². The topological polar surface area (TPSA) is 65.2 Å². The molecule has 110 valence electrons. The van der Waals surface area contributed by atoms with E-state index >= 15 is 0 Å². The van der Waals surface area contributed by atoms with E-state index in [1.807, 2.05) is 0 Å². The lowest BCUT2D eigenvalue weighted by atomic mass is 10.1. The number of hydrogen-bond acceptors (Lipinski definition) is 5. The number of carbonyl (C=O) groups excluding carboxylic acids is 1. The fraction of sp³-hybridized carbons (Fsp3) is 0.400. The van der Waals surface area contributed by atoms with Gasteiger partial charge in [-0.1, -0.05) is 5.16 Å². The Morgan fingerprint density at radius 2 is 2.19 bits per heavy atom. The predicted octanol–water partition coefficient (Wildman–Crippen LogP) is 2.78. The van der Waals surface area contributed by atoms with E-state index in [2.05, 4.69) is 10.1 Å². The number of aromatic nitrogens is 2. The molecule has 0 unspecified atom stereocenters. The first kappa shape index (κ1) is 13.7. The van der Waals surface area contributed by atoms with Crippen molar-refractivity contribution in [2.45, 2.75) is 32.1 Å². The first-order chi connectivity index (χ1) is 10.0. The van der Waals surface area contributed by atoms with Gasteiger partial charge in [0.2, 0.25) is 11.7 Å². The van der Waals surface area contributed by atoms with E-state index in [0.717, 1.165) is 5.56 Å². The van der Waals surface area contributed by atoms with E-state index in [0.29, 0.717) is 25.0 Å². The van der Waals surface area contributed by atoms with Crippen LogP contribution in [0.1, 0.15) is 31.2 Å². The molecule has 5 nitrogen and oxygen atoms in total. The highest BCUT2D eigenvalue weighted by Crippen LogP contribution is 2.48. The van der Waals surface area contributed by atoms with Crippen LogP contribution in [0.3, 0.4) is 0 Å². The average molecular weight is 290 g/mol. The molecule has 1 heterocycles. The Morgan fingerprint density at radius 3 is 2.81 bits per heavy atom. The van der Waals surface area contributed by atoms with Gasteiger partial charge in [-0.25, -0.2) is 4.39 Å². The van der Waals surface area contributed by atoms with Crippen LogP contribution in [0.2, 0.25) is 0 Å². The summed E-state index contributed by atoms with van der Waals surface area (Å²) in [5.74, 6) is -0.167. The van der Waals surface area contributed by atoms with Crippen LogP contribution in [0.5, 0.6) is 0 Å². The summed E-state index contributed by atoms with van der Waals surface area (Å²) in [6.45, 7) is 3.85. The highest BCUT2D eigenvalue weighted by Gasteiger charge is 2.57. The smallest absolute Gasteiger partial charge is 0.321 e. The molecule has 0 spiro atoms. The molecule has 0 saturated heterocycles. The molecule has 0 atom stereocenters. The van der Waals surface area contributed by atoms with Crippen LogP contribution in [0.25, 0.3) is 11.4 Å². The van der Waals surface area contributed by atoms with E-state index in [4.69, 9.17) is 9.26 Å². The van der Waals surface area contributed by atoms with Gasteiger partial charge in [0, 0.05) is 5.56 Å². The van der Waals surface area contributed by atoms with E-state index in [1.165, 1.54) is 12.1 Å². The van der Waals surface area contributed by atoms with Gasteiger partial charge in [0.05, 0.1) is 6.61 Å². The SMILES string of the molecule is CCOC(=O)C1(c2nc(-c3cc(C)cc(F)c3)no2)CC1. The summed E-state index contributed by atoms with van der Waals surface area (Å²) in [6, 6.07) is 4.53. The fourth-order valence-corrected chi connectivity index (χ4v) is 2.30. The fourth-order valence-electron chi connectivity index (χ4n) is 2.30. The number of benzene rings is 1. The largest absolute Gasteiger partial charge is 0.465 e. The van der Waals surface area contributed by atoms with E-state index < -0.39 is 5.41 Å². The Morgan fingerprint density at radius 1 is 1.43 bits per heavy atom.